The number of H-pyrrole nitrogens is 1. The van der Waals surface area contributed by atoms with Gasteiger partial charge in [-0.1, -0.05) is 13.3 Å². The van der Waals surface area contributed by atoms with Crippen LogP contribution in [0, 0.1) is 0 Å². The van der Waals surface area contributed by atoms with Crippen LogP contribution in [-0.2, 0) is 0 Å². The van der Waals surface area contributed by atoms with Crippen LogP contribution in [0.2, 0.25) is 0 Å². The van der Waals surface area contributed by atoms with Crippen LogP contribution in [0.25, 0.3) is 0 Å². The Labute approximate surface area is 81.7 Å². The van der Waals surface area contributed by atoms with Gasteiger partial charge in [0, 0.05) is 6.54 Å². The third kappa shape index (κ3) is 3.14. The molecule has 0 bridgehead atoms. The number of hydrogen-bond donors (Lipinski definition) is 3. The molecule has 0 saturated heterocycles. The van der Waals surface area contributed by atoms with E-state index in [-0.39, 0.29) is 18.1 Å². The highest BCUT2D eigenvalue weighted by atomic mass is 16.3. The normalized spacial score (nSPS) is 12.4. The molecule has 0 spiro atoms. The lowest BCUT2D eigenvalue weighted by molar-refractivity contribution is 0.0905. The Balaban J connectivity index is 2.28. The van der Waals surface area contributed by atoms with E-state index < -0.39 is 6.10 Å². The van der Waals surface area contributed by atoms with Crippen molar-refractivity contribution in [2.45, 2.75) is 25.9 Å². The van der Waals surface area contributed by atoms with Gasteiger partial charge in [-0.05, 0) is 6.42 Å². The first kappa shape index (κ1) is 10.6. The number of nitrogens with zero attached hydrogens (tertiary/aromatic N) is 2. The second-order valence-electron chi connectivity index (χ2n) is 3.01. The summed E-state index contributed by atoms with van der Waals surface area (Å²) in [5.74, 6) is -0.325. The molecule has 0 aliphatic heterocycles. The standard InChI is InChI=1S/C8H14N4O2/c1-2-3-6(13)4-9-8(14)7-5-10-12-11-7/h5-6,13H,2-4H2,1H3,(H,9,14)(H,10,11,12). The van der Waals surface area contributed by atoms with Crippen LogP contribution >= 0.6 is 0 Å². The van der Waals surface area contributed by atoms with Gasteiger partial charge in [-0.3, -0.25) is 4.79 Å². The van der Waals surface area contributed by atoms with Gasteiger partial charge < -0.3 is 10.4 Å². The number of rotatable bonds is 5. The molecule has 1 atom stereocenters. The molecule has 0 fully saturated rings. The molecular weight excluding hydrogens is 184 g/mol. The van der Waals surface area contributed by atoms with E-state index in [1.165, 1.54) is 6.20 Å². The lowest BCUT2D eigenvalue weighted by Crippen LogP contribution is -2.32. The van der Waals surface area contributed by atoms with Crippen molar-refractivity contribution >= 4 is 5.91 Å². The summed E-state index contributed by atoms with van der Waals surface area (Å²) in [6.07, 6.45) is 2.41. The van der Waals surface area contributed by atoms with Crippen LogP contribution in [0.1, 0.15) is 30.3 Å². The molecule has 1 aromatic rings. The summed E-state index contributed by atoms with van der Waals surface area (Å²) in [6, 6.07) is 0. The first-order valence-corrected chi connectivity index (χ1v) is 4.56. The van der Waals surface area contributed by atoms with Crippen LogP contribution in [0.3, 0.4) is 0 Å². The lowest BCUT2D eigenvalue weighted by Gasteiger charge is -2.09. The van der Waals surface area contributed by atoms with Crippen molar-refractivity contribution in [2.75, 3.05) is 6.54 Å². The van der Waals surface area contributed by atoms with Crippen LogP contribution in [0.5, 0.6) is 0 Å². The summed E-state index contributed by atoms with van der Waals surface area (Å²) in [7, 11) is 0. The van der Waals surface area contributed by atoms with E-state index in [0.29, 0.717) is 6.42 Å². The van der Waals surface area contributed by atoms with Crippen LogP contribution < -0.4 is 5.32 Å². The van der Waals surface area contributed by atoms with Gasteiger partial charge in [0.15, 0.2) is 5.69 Å². The smallest absolute Gasteiger partial charge is 0.273 e. The van der Waals surface area contributed by atoms with Gasteiger partial charge in [0.1, 0.15) is 0 Å². The maximum absolute atomic E-state index is 11.3. The monoisotopic (exact) mass is 198 g/mol. The molecule has 78 valence electrons. The summed E-state index contributed by atoms with van der Waals surface area (Å²) in [5, 5.41) is 21.4. The van der Waals surface area contributed by atoms with Gasteiger partial charge in [0.05, 0.1) is 12.3 Å². The number of aliphatic hydroxyl groups excluding tert-OH is 1. The van der Waals surface area contributed by atoms with Crippen molar-refractivity contribution < 1.29 is 9.90 Å². The minimum Gasteiger partial charge on any atom is -0.391 e. The third-order valence-electron chi connectivity index (χ3n) is 1.77. The second kappa shape index (κ2) is 5.33. The summed E-state index contributed by atoms with van der Waals surface area (Å²) >= 11 is 0. The maximum atomic E-state index is 11.3. The molecule has 14 heavy (non-hydrogen) atoms. The summed E-state index contributed by atoms with van der Waals surface area (Å²) in [4.78, 5) is 11.3. The molecule has 1 unspecified atom stereocenters. The maximum Gasteiger partial charge on any atom is 0.273 e. The van der Waals surface area contributed by atoms with E-state index in [1.807, 2.05) is 6.92 Å². The van der Waals surface area contributed by atoms with Gasteiger partial charge in [-0.2, -0.15) is 15.4 Å². The van der Waals surface area contributed by atoms with E-state index in [2.05, 4.69) is 20.7 Å². The molecule has 1 heterocycles. The Bertz CT molecular complexity index is 273. The first-order chi connectivity index (χ1) is 6.74. The number of amides is 1. The Morgan fingerprint density at radius 1 is 1.79 bits per heavy atom. The van der Waals surface area contributed by atoms with E-state index >= 15 is 0 Å². The molecule has 0 aromatic carbocycles. The average molecular weight is 198 g/mol. The highest BCUT2D eigenvalue weighted by Gasteiger charge is 2.09. The van der Waals surface area contributed by atoms with E-state index in [9.17, 15) is 9.90 Å². The van der Waals surface area contributed by atoms with Crippen LogP contribution in [0.4, 0.5) is 0 Å². The van der Waals surface area contributed by atoms with Crippen LogP contribution in [-0.4, -0.2) is 39.1 Å². The van der Waals surface area contributed by atoms with E-state index in [4.69, 9.17) is 0 Å². The quantitative estimate of drug-likeness (QED) is 0.605. The number of carbonyl (C=O) groups is 1. The predicted molar refractivity (Wildman–Crippen MR) is 49.6 cm³/mol. The average Bonchev–Trinajstić information content (AvgIpc) is 2.67. The van der Waals surface area contributed by atoms with Crippen molar-refractivity contribution in [2.24, 2.45) is 0 Å². The zero-order valence-corrected chi connectivity index (χ0v) is 8.03. The van der Waals surface area contributed by atoms with Gasteiger partial charge >= 0.3 is 0 Å². The molecular formula is C8H14N4O2. The van der Waals surface area contributed by atoms with Crippen molar-refractivity contribution in [1.82, 2.24) is 20.7 Å². The molecule has 0 aliphatic rings. The molecule has 1 rings (SSSR count). The largest absolute Gasteiger partial charge is 0.391 e. The predicted octanol–water partition coefficient (Wildman–Crippen LogP) is -0.305. The topological polar surface area (TPSA) is 90.9 Å². The SMILES string of the molecule is CCCC(O)CNC(=O)c1cn[nH]n1. The number of hydrogen-bond acceptors (Lipinski definition) is 4. The zero-order chi connectivity index (χ0) is 10.4. The zero-order valence-electron chi connectivity index (χ0n) is 8.03. The number of aliphatic hydroxyl groups is 1. The summed E-state index contributed by atoms with van der Waals surface area (Å²) in [6.45, 7) is 2.22. The first-order valence-electron chi connectivity index (χ1n) is 4.56. The van der Waals surface area contributed by atoms with Gasteiger partial charge in [0.25, 0.3) is 5.91 Å². The molecule has 6 heteroatoms. The Morgan fingerprint density at radius 3 is 3.14 bits per heavy atom. The van der Waals surface area contributed by atoms with E-state index in [1.54, 1.807) is 0 Å². The number of aromatic nitrogens is 3. The van der Waals surface area contributed by atoms with Gasteiger partial charge in [0.2, 0.25) is 0 Å². The van der Waals surface area contributed by atoms with Crippen molar-refractivity contribution in [1.29, 1.82) is 0 Å². The molecule has 3 N–H and O–H groups in total. The number of carbonyl (C=O) groups excluding carboxylic acids is 1. The van der Waals surface area contributed by atoms with Crippen molar-refractivity contribution in [3.63, 3.8) is 0 Å². The Kier molecular flexibility index (Phi) is 4.06. The minimum atomic E-state index is -0.490. The van der Waals surface area contributed by atoms with Gasteiger partial charge in [-0.15, -0.1) is 0 Å². The highest BCUT2D eigenvalue weighted by Crippen LogP contribution is 1.95. The van der Waals surface area contributed by atoms with Crippen molar-refractivity contribution in [3.05, 3.63) is 11.9 Å². The van der Waals surface area contributed by atoms with Gasteiger partial charge in [-0.25, -0.2) is 0 Å². The highest BCUT2D eigenvalue weighted by molar-refractivity contribution is 5.91. The number of nitrogens with one attached hydrogen (secondary N) is 2. The third-order valence-corrected chi connectivity index (χ3v) is 1.77. The van der Waals surface area contributed by atoms with Crippen LogP contribution in [0.15, 0.2) is 6.20 Å². The fourth-order valence-electron chi connectivity index (χ4n) is 1.05. The molecule has 6 nitrogen and oxygen atoms in total. The fourth-order valence-corrected chi connectivity index (χ4v) is 1.05. The second-order valence-corrected chi connectivity index (χ2v) is 3.01. The Hall–Kier alpha value is -1.43. The minimum absolute atomic E-state index is 0.230. The molecule has 0 saturated carbocycles. The fraction of sp³-hybridized carbons (Fsp3) is 0.625. The van der Waals surface area contributed by atoms with Crippen molar-refractivity contribution in [3.8, 4) is 0 Å². The molecule has 0 aliphatic carbocycles. The molecule has 1 amide bonds. The Morgan fingerprint density at radius 2 is 2.57 bits per heavy atom. The molecule has 1 aromatic heterocycles. The summed E-state index contributed by atoms with van der Waals surface area (Å²) < 4.78 is 0. The van der Waals surface area contributed by atoms with E-state index in [0.717, 1.165) is 6.42 Å². The molecule has 0 radical (unpaired) electrons. The number of aromatic amines is 1. The lowest BCUT2D eigenvalue weighted by atomic mass is 10.2. The summed E-state index contributed by atoms with van der Waals surface area (Å²) in [5.41, 5.74) is 0.230.